The van der Waals surface area contributed by atoms with E-state index in [4.69, 9.17) is 16.3 Å². The lowest BCUT2D eigenvalue weighted by Gasteiger charge is -2.41. The average Bonchev–Trinajstić information content (AvgIpc) is 2.77. The molecule has 0 aromatic heterocycles. The van der Waals surface area contributed by atoms with Crippen molar-refractivity contribution < 1.29 is 14.3 Å². The van der Waals surface area contributed by atoms with E-state index in [-0.39, 0.29) is 25.2 Å². The van der Waals surface area contributed by atoms with Gasteiger partial charge in [0.05, 0.1) is 18.9 Å². The summed E-state index contributed by atoms with van der Waals surface area (Å²) in [6.07, 6.45) is 0. The second-order valence-electron chi connectivity index (χ2n) is 6.09. The summed E-state index contributed by atoms with van der Waals surface area (Å²) < 4.78 is 5.29. The molecule has 24 heavy (non-hydrogen) atoms. The fraction of sp³-hybridized carbons (Fsp3) is 0.222. The number of anilines is 2. The molecule has 4 rings (SSSR count). The molecule has 0 aliphatic carbocycles. The lowest BCUT2D eigenvalue weighted by Crippen LogP contribution is -2.64. The molecule has 2 aromatic rings. The van der Waals surface area contributed by atoms with Gasteiger partial charge in [0.2, 0.25) is 0 Å². The number of rotatable bonds is 2. The molecule has 2 aliphatic heterocycles. The van der Waals surface area contributed by atoms with Gasteiger partial charge < -0.3 is 4.74 Å². The van der Waals surface area contributed by atoms with E-state index < -0.39 is 5.54 Å². The van der Waals surface area contributed by atoms with Crippen LogP contribution in [-0.4, -0.2) is 30.7 Å². The number of aryl methyl sites for hydroxylation is 1. The van der Waals surface area contributed by atoms with Crippen LogP contribution in [-0.2, 0) is 9.53 Å². The molecule has 0 unspecified atom stereocenters. The molecular weight excluding hydrogens is 328 g/mol. The summed E-state index contributed by atoms with van der Waals surface area (Å²) in [6.45, 7) is 2.35. The first-order valence-electron chi connectivity index (χ1n) is 7.62. The molecule has 2 aromatic carbocycles. The Balaban J connectivity index is 1.79. The molecule has 2 heterocycles. The van der Waals surface area contributed by atoms with Crippen molar-refractivity contribution in [1.82, 2.24) is 0 Å². The lowest BCUT2D eigenvalue weighted by atomic mass is 9.94. The van der Waals surface area contributed by atoms with Crippen LogP contribution in [0.1, 0.15) is 5.56 Å². The number of ether oxygens (including phenoxy) is 1. The molecule has 0 radical (unpaired) electrons. The van der Waals surface area contributed by atoms with Crippen LogP contribution < -0.4 is 9.80 Å². The Morgan fingerprint density at radius 3 is 2.08 bits per heavy atom. The molecule has 2 saturated heterocycles. The highest BCUT2D eigenvalue weighted by atomic mass is 35.5. The van der Waals surface area contributed by atoms with Crippen LogP contribution in [0, 0.1) is 6.92 Å². The Kier molecular flexibility index (Phi) is 3.37. The second-order valence-corrected chi connectivity index (χ2v) is 6.53. The fourth-order valence-corrected chi connectivity index (χ4v) is 3.22. The summed E-state index contributed by atoms with van der Waals surface area (Å²) in [5.41, 5.74) is 1.30. The largest absolute Gasteiger partial charge is 0.375 e. The van der Waals surface area contributed by atoms with E-state index >= 15 is 0 Å². The minimum Gasteiger partial charge on any atom is -0.375 e. The fourth-order valence-electron chi connectivity index (χ4n) is 3.09. The van der Waals surface area contributed by atoms with Crippen molar-refractivity contribution in [2.75, 3.05) is 23.0 Å². The topological polar surface area (TPSA) is 49.9 Å². The zero-order valence-corrected chi connectivity index (χ0v) is 13.8. The highest BCUT2D eigenvalue weighted by molar-refractivity contribution is 6.32. The standard InChI is InChI=1S/C18H15ClN2O3/c1-12-2-6-14(7-3-12)20-16(22)18(10-24-11-18)21(17(20)23)15-8-4-13(19)5-9-15/h2-9H,10-11H2,1H3. The van der Waals surface area contributed by atoms with Crippen molar-refractivity contribution in [1.29, 1.82) is 0 Å². The van der Waals surface area contributed by atoms with Crippen LogP contribution in [0.3, 0.4) is 0 Å². The van der Waals surface area contributed by atoms with Crippen molar-refractivity contribution in [3.63, 3.8) is 0 Å². The van der Waals surface area contributed by atoms with Gasteiger partial charge in [0.1, 0.15) is 0 Å². The molecule has 1 spiro atoms. The van der Waals surface area contributed by atoms with Crippen LogP contribution in [0.2, 0.25) is 5.02 Å². The lowest BCUT2D eigenvalue weighted by molar-refractivity contribution is -0.136. The van der Waals surface area contributed by atoms with Gasteiger partial charge in [-0.3, -0.25) is 9.69 Å². The van der Waals surface area contributed by atoms with E-state index in [2.05, 4.69) is 0 Å². The highest BCUT2D eigenvalue weighted by Gasteiger charge is 2.62. The first kappa shape index (κ1) is 15.2. The minimum absolute atomic E-state index is 0.197. The van der Waals surface area contributed by atoms with E-state index in [1.807, 2.05) is 19.1 Å². The van der Waals surface area contributed by atoms with E-state index in [0.717, 1.165) is 5.56 Å². The first-order valence-corrected chi connectivity index (χ1v) is 7.99. The molecule has 0 atom stereocenters. The van der Waals surface area contributed by atoms with Crippen LogP contribution in [0.15, 0.2) is 48.5 Å². The number of carbonyl (C=O) groups excluding carboxylic acids is 2. The summed E-state index contributed by atoms with van der Waals surface area (Å²) in [7, 11) is 0. The number of nitrogens with zero attached hydrogens (tertiary/aromatic N) is 2. The van der Waals surface area contributed by atoms with Gasteiger partial charge >= 0.3 is 6.03 Å². The number of benzene rings is 2. The van der Waals surface area contributed by atoms with Crippen LogP contribution in [0.4, 0.5) is 16.2 Å². The van der Waals surface area contributed by atoms with Gasteiger partial charge in [0.25, 0.3) is 5.91 Å². The van der Waals surface area contributed by atoms with Crippen LogP contribution in [0.25, 0.3) is 0 Å². The number of urea groups is 1. The maximum Gasteiger partial charge on any atom is 0.337 e. The van der Waals surface area contributed by atoms with Crippen molar-refractivity contribution in [2.24, 2.45) is 0 Å². The maximum absolute atomic E-state index is 13.0. The van der Waals surface area contributed by atoms with Gasteiger partial charge in [-0.1, -0.05) is 29.3 Å². The zero-order valence-electron chi connectivity index (χ0n) is 13.0. The zero-order chi connectivity index (χ0) is 16.9. The van der Waals surface area contributed by atoms with Gasteiger partial charge in [-0.2, -0.15) is 0 Å². The first-order chi connectivity index (χ1) is 11.5. The molecule has 2 aliphatic rings. The Morgan fingerprint density at radius 2 is 1.54 bits per heavy atom. The highest BCUT2D eigenvalue weighted by Crippen LogP contribution is 2.40. The van der Waals surface area contributed by atoms with Crippen molar-refractivity contribution in [3.8, 4) is 0 Å². The van der Waals surface area contributed by atoms with Gasteiger partial charge in [-0.25, -0.2) is 9.69 Å². The molecule has 122 valence electrons. The van der Waals surface area contributed by atoms with E-state index in [9.17, 15) is 9.59 Å². The van der Waals surface area contributed by atoms with Crippen molar-refractivity contribution in [3.05, 3.63) is 59.1 Å². The molecule has 0 N–H and O–H groups in total. The molecule has 6 heteroatoms. The maximum atomic E-state index is 13.0. The summed E-state index contributed by atoms with van der Waals surface area (Å²) >= 11 is 5.94. The van der Waals surface area contributed by atoms with Crippen LogP contribution >= 0.6 is 11.6 Å². The van der Waals surface area contributed by atoms with Gasteiger partial charge in [0.15, 0.2) is 5.54 Å². The predicted octanol–water partition coefficient (Wildman–Crippen LogP) is 3.39. The number of hydrogen-bond acceptors (Lipinski definition) is 3. The van der Waals surface area contributed by atoms with Gasteiger partial charge in [-0.05, 0) is 43.3 Å². The molecule has 0 bridgehead atoms. The van der Waals surface area contributed by atoms with Crippen molar-refractivity contribution in [2.45, 2.75) is 12.5 Å². The number of carbonyl (C=O) groups is 2. The molecule has 5 nitrogen and oxygen atoms in total. The molecule has 2 fully saturated rings. The molecular formula is C18H15ClN2O3. The monoisotopic (exact) mass is 342 g/mol. The Bertz CT molecular complexity index is 813. The summed E-state index contributed by atoms with van der Waals surface area (Å²) in [5.74, 6) is -0.252. The van der Waals surface area contributed by atoms with Crippen LogP contribution in [0.5, 0.6) is 0 Å². The van der Waals surface area contributed by atoms with Gasteiger partial charge in [0, 0.05) is 10.7 Å². The molecule has 3 amide bonds. The van der Waals surface area contributed by atoms with E-state index in [0.29, 0.717) is 16.4 Å². The second kappa shape index (κ2) is 5.33. The third-order valence-corrected chi connectivity index (χ3v) is 4.72. The SMILES string of the molecule is Cc1ccc(N2C(=O)N(c3ccc(Cl)cc3)C3(COC3)C2=O)cc1. The summed E-state index contributed by atoms with van der Waals surface area (Å²) in [5, 5.41) is 0.575. The summed E-state index contributed by atoms with van der Waals surface area (Å²) in [6, 6.07) is 13.9. The number of hydrogen-bond donors (Lipinski definition) is 0. The Labute approximate surface area is 144 Å². The third-order valence-electron chi connectivity index (χ3n) is 4.47. The van der Waals surface area contributed by atoms with E-state index in [1.54, 1.807) is 36.4 Å². The number of halogens is 1. The van der Waals surface area contributed by atoms with Crippen molar-refractivity contribution >= 4 is 34.9 Å². The normalized spacial score (nSPS) is 19.1. The summed E-state index contributed by atoms with van der Waals surface area (Å²) in [4.78, 5) is 28.8. The minimum atomic E-state index is -0.963. The smallest absolute Gasteiger partial charge is 0.337 e. The Hall–Kier alpha value is -2.37. The Morgan fingerprint density at radius 1 is 0.958 bits per heavy atom. The quantitative estimate of drug-likeness (QED) is 0.786. The number of amides is 3. The number of imide groups is 1. The van der Waals surface area contributed by atoms with Gasteiger partial charge in [-0.15, -0.1) is 0 Å². The van der Waals surface area contributed by atoms with E-state index in [1.165, 1.54) is 9.80 Å². The third kappa shape index (κ3) is 2.05. The predicted molar refractivity (Wildman–Crippen MR) is 91.5 cm³/mol. The average molecular weight is 343 g/mol. The molecule has 0 saturated carbocycles.